The van der Waals surface area contributed by atoms with Gasteiger partial charge < -0.3 is 9.84 Å². The van der Waals surface area contributed by atoms with Gasteiger partial charge in [0.05, 0.1) is 11.4 Å². The van der Waals surface area contributed by atoms with Crippen LogP contribution in [0.5, 0.6) is 5.75 Å². The van der Waals surface area contributed by atoms with E-state index in [9.17, 15) is 4.79 Å². The number of aryl methyl sites for hydroxylation is 1. The van der Waals surface area contributed by atoms with E-state index in [-0.39, 0.29) is 5.78 Å². The van der Waals surface area contributed by atoms with E-state index in [1.165, 1.54) is 6.08 Å². The number of carbonyl (C=O) groups is 1. The maximum absolute atomic E-state index is 12.3. The van der Waals surface area contributed by atoms with Gasteiger partial charge in [0.15, 0.2) is 12.6 Å². The normalized spacial score (nSPS) is 11.0. The fraction of sp³-hybridized carbons (Fsp3) is 0.100. The summed E-state index contributed by atoms with van der Waals surface area (Å²) in [6.45, 7) is 1.43. The summed E-state index contributed by atoms with van der Waals surface area (Å²) in [5, 5.41) is 16.0. The van der Waals surface area contributed by atoms with Gasteiger partial charge in [-0.1, -0.05) is 42.5 Å². The zero-order chi connectivity index (χ0) is 17.6. The highest BCUT2D eigenvalue weighted by Gasteiger charge is 2.07. The Balaban J connectivity index is 1.75. The summed E-state index contributed by atoms with van der Waals surface area (Å²) in [4.78, 5) is 12.3. The molecule has 0 spiro atoms. The summed E-state index contributed by atoms with van der Waals surface area (Å²) in [7, 11) is 0. The summed E-state index contributed by atoms with van der Waals surface area (Å²) in [6, 6.07) is 16.8. The fourth-order valence-corrected chi connectivity index (χ4v) is 2.42. The Kier molecular flexibility index (Phi) is 5.06. The fourth-order valence-electron chi connectivity index (χ4n) is 2.42. The molecular weight excluding hydrogens is 316 g/mol. The lowest BCUT2D eigenvalue weighted by Crippen LogP contribution is -2.00. The molecule has 0 amide bonds. The van der Waals surface area contributed by atoms with E-state index in [4.69, 9.17) is 9.84 Å². The third-order valence-corrected chi connectivity index (χ3v) is 3.77. The van der Waals surface area contributed by atoms with Crippen LogP contribution >= 0.6 is 0 Å². The minimum absolute atomic E-state index is 0.154. The van der Waals surface area contributed by atoms with Crippen LogP contribution in [0, 0.1) is 6.92 Å². The van der Waals surface area contributed by atoms with Crippen LogP contribution in [0.3, 0.4) is 0 Å². The molecule has 1 heterocycles. The molecule has 0 saturated carbocycles. The van der Waals surface area contributed by atoms with Crippen LogP contribution in [0.1, 0.15) is 21.6 Å². The van der Waals surface area contributed by atoms with Gasteiger partial charge in [0.2, 0.25) is 0 Å². The topological polar surface area (TPSA) is 75.2 Å². The number of rotatable bonds is 6. The van der Waals surface area contributed by atoms with E-state index >= 15 is 0 Å². The Morgan fingerprint density at radius 1 is 1.20 bits per heavy atom. The first-order chi connectivity index (χ1) is 12.2. The highest BCUT2D eigenvalue weighted by Crippen LogP contribution is 2.21. The molecule has 0 unspecified atom stereocenters. The number of ether oxygens (including phenoxy) is 1. The lowest BCUT2D eigenvalue weighted by Gasteiger charge is -2.07. The Bertz CT molecular complexity index is 898. The predicted molar refractivity (Wildman–Crippen MR) is 96.3 cm³/mol. The monoisotopic (exact) mass is 334 g/mol. The van der Waals surface area contributed by atoms with Crippen molar-refractivity contribution in [1.29, 1.82) is 0 Å². The molecule has 3 rings (SSSR count). The van der Waals surface area contributed by atoms with Crippen molar-refractivity contribution in [3.8, 4) is 17.0 Å². The maximum atomic E-state index is 12.3. The second-order valence-corrected chi connectivity index (χ2v) is 5.53. The van der Waals surface area contributed by atoms with Crippen LogP contribution in [0.15, 0.2) is 60.7 Å². The number of hydrogen-bond donors (Lipinski definition) is 2. The molecule has 126 valence electrons. The molecule has 0 aliphatic heterocycles. The van der Waals surface area contributed by atoms with Crippen LogP contribution in [0.25, 0.3) is 17.3 Å². The molecule has 25 heavy (non-hydrogen) atoms. The lowest BCUT2D eigenvalue weighted by molar-refractivity contribution is 0.0968. The predicted octanol–water partition coefficient (Wildman–Crippen LogP) is 3.61. The number of hydrogen-bond acceptors (Lipinski definition) is 4. The van der Waals surface area contributed by atoms with E-state index in [1.54, 1.807) is 24.3 Å². The number of nitrogens with zero attached hydrogens (tertiary/aromatic N) is 1. The highest BCUT2D eigenvalue weighted by molar-refractivity contribution is 6.07. The molecule has 3 aromatic rings. The van der Waals surface area contributed by atoms with Gasteiger partial charge in [0.25, 0.3) is 0 Å². The first kappa shape index (κ1) is 16.7. The number of carbonyl (C=O) groups excluding carboxylic acids is 1. The highest BCUT2D eigenvalue weighted by atomic mass is 16.6. The Labute approximate surface area is 145 Å². The minimum atomic E-state index is -0.426. The summed E-state index contributed by atoms with van der Waals surface area (Å²) in [5.74, 6) is 0.341. The van der Waals surface area contributed by atoms with E-state index in [0.717, 1.165) is 22.5 Å². The average molecular weight is 334 g/mol. The van der Waals surface area contributed by atoms with Crippen molar-refractivity contribution in [1.82, 2.24) is 10.2 Å². The molecule has 0 bridgehead atoms. The van der Waals surface area contributed by atoms with Crippen molar-refractivity contribution < 1.29 is 14.6 Å². The van der Waals surface area contributed by atoms with Gasteiger partial charge in [-0.15, -0.1) is 0 Å². The van der Waals surface area contributed by atoms with Gasteiger partial charge >= 0.3 is 0 Å². The summed E-state index contributed by atoms with van der Waals surface area (Å²) >= 11 is 0. The Morgan fingerprint density at radius 3 is 2.76 bits per heavy atom. The molecule has 0 atom stereocenters. The second kappa shape index (κ2) is 7.59. The lowest BCUT2D eigenvalue weighted by atomic mass is 10.1. The summed E-state index contributed by atoms with van der Waals surface area (Å²) in [6.07, 6.45) is 3.17. The zero-order valence-corrected chi connectivity index (χ0v) is 13.8. The van der Waals surface area contributed by atoms with Gasteiger partial charge in [-0.2, -0.15) is 5.10 Å². The van der Waals surface area contributed by atoms with Crippen LogP contribution in [-0.4, -0.2) is 27.9 Å². The van der Waals surface area contributed by atoms with Crippen molar-refractivity contribution in [3.05, 3.63) is 77.5 Å². The van der Waals surface area contributed by atoms with E-state index in [0.29, 0.717) is 11.3 Å². The van der Waals surface area contributed by atoms with E-state index in [2.05, 4.69) is 10.2 Å². The summed E-state index contributed by atoms with van der Waals surface area (Å²) in [5.41, 5.74) is 3.92. The van der Waals surface area contributed by atoms with E-state index in [1.807, 2.05) is 43.3 Å². The number of H-pyrrole nitrogens is 1. The SMILES string of the molecule is Cc1ccc(C(=O)/C=C/c2cc(-c3ccccc3)n[nH]2)cc1OCO. The van der Waals surface area contributed by atoms with Crippen LogP contribution in [0.4, 0.5) is 0 Å². The molecule has 2 N–H and O–H groups in total. The van der Waals surface area contributed by atoms with Crippen molar-refractivity contribution >= 4 is 11.9 Å². The van der Waals surface area contributed by atoms with Crippen molar-refractivity contribution in [3.63, 3.8) is 0 Å². The van der Waals surface area contributed by atoms with Gasteiger partial charge in [0.1, 0.15) is 5.75 Å². The van der Waals surface area contributed by atoms with Crippen molar-refractivity contribution in [2.45, 2.75) is 6.92 Å². The van der Waals surface area contributed by atoms with Gasteiger partial charge in [-0.25, -0.2) is 0 Å². The first-order valence-electron chi connectivity index (χ1n) is 7.85. The van der Waals surface area contributed by atoms with Crippen LogP contribution in [0.2, 0.25) is 0 Å². The molecule has 0 radical (unpaired) electrons. The smallest absolute Gasteiger partial charge is 0.186 e. The molecular formula is C20H18N2O3. The number of aliphatic hydroxyl groups excluding tert-OH is 1. The van der Waals surface area contributed by atoms with Crippen molar-refractivity contribution in [2.75, 3.05) is 6.79 Å². The van der Waals surface area contributed by atoms with E-state index < -0.39 is 6.79 Å². The molecule has 0 aliphatic rings. The molecule has 0 fully saturated rings. The number of nitrogens with one attached hydrogen (secondary N) is 1. The Morgan fingerprint density at radius 2 is 2.00 bits per heavy atom. The first-order valence-corrected chi connectivity index (χ1v) is 7.85. The van der Waals surface area contributed by atoms with Gasteiger partial charge in [-0.3, -0.25) is 9.89 Å². The zero-order valence-electron chi connectivity index (χ0n) is 13.8. The molecule has 0 saturated heterocycles. The van der Waals surface area contributed by atoms with Crippen LogP contribution in [-0.2, 0) is 0 Å². The third-order valence-electron chi connectivity index (χ3n) is 3.77. The van der Waals surface area contributed by atoms with Gasteiger partial charge in [-0.05, 0) is 36.8 Å². The van der Waals surface area contributed by atoms with Crippen molar-refractivity contribution in [2.24, 2.45) is 0 Å². The number of aliphatic hydroxyl groups is 1. The molecule has 5 nitrogen and oxygen atoms in total. The quantitative estimate of drug-likeness (QED) is 0.410. The molecule has 5 heteroatoms. The molecule has 0 aliphatic carbocycles. The average Bonchev–Trinajstić information content (AvgIpc) is 3.11. The maximum Gasteiger partial charge on any atom is 0.186 e. The molecule has 1 aromatic heterocycles. The minimum Gasteiger partial charge on any atom is -0.467 e. The second-order valence-electron chi connectivity index (χ2n) is 5.53. The third kappa shape index (κ3) is 4.02. The van der Waals surface area contributed by atoms with Crippen LogP contribution < -0.4 is 4.74 Å². The summed E-state index contributed by atoms with van der Waals surface area (Å²) < 4.78 is 5.11. The largest absolute Gasteiger partial charge is 0.467 e. The number of aromatic amines is 1. The molecule has 2 aromatic carbocycles. The standard InChI is InChI=1S/C20H18N2O3/c1-14-7-8-16(11-20(14)25-13-23)19(24)10-9-17-12-18(22-21-17)15-5-3-2-4-6-15/h2-12,23H,13H2,1H3,(H,21,22)/b10-9+. The number of allylic oxidation sites excluding steroid dienone is 1. The number of benzene rings is 2. The Hall–Kier alpha value is -3.18. The van der Waals surface area contributed by atoms with Gasteiger partial charge in [0, 0.05) is 11.1 Å². The number of ketones is 1. The number of aromatic nitrogens is 2.